The van der Waals surface area contributed by atoms with Gasteiger partial charge in [-0.15, -0.1) is 12.4 Å². The van der Waals surface area contributed by atoms with Gasteiger partial charge >= 0.3 is 0 Å². The molecule has 0 radical (unpaired) electrons. The van der Waals surface area contributed by atoms with Crippen LogP contribution in [0.5, 0.6) is 0 Å². The predicted octanol–water partition coefficient (Wildman–Crippen LogP) is 2.20. The maximum absolute atomic E-state index is 12.1. The van der Waals surface area contributed by atoms with E-state index in [-0.39, 0.29) is 24.4 Å². The number of amides is 1. The molecule has 2 fully saturated rings. The second-order valence-electron chi connectivity index (χ2n) is 6.25. The highest BCUT2D eigenvalue weighted by molar-refractivity contribution is 5.85. The summed E-state index contributed by atoms with van der Waals surface area (Å²) >= 11 is 0. The van der Waals surface area contributed by atoms with Crippen LogP contribution in [0.1, 0.15) is 44.9 Å². The molecule has 2 saturated carbocycles. The van der Waals surface area contributed by atoms with Crippen LogP contribution in [0.15, 0.2) is 0 Å². The first-order valence-electron chi connectivity index (χ1n) is 7.74. The highest BCUT2D eigenvalue weighted by atomic mass is 35.5. The number of likely N-dealkylation sites (N-methyl/N-ethyl adjacent to an activating group) is 1. The van der Waals surface area contributed by atoms with Crippen LogP contribution in [-0.2, 0) is 9.53 Å². The molecular formula is C15H29ClN2O2. The molecule has 2 N–H and O–H groups in total. The smallest absolute Gasteiger partial charge is 0.222 e. The molecule has 1 amide bonds. The van der Waals surface area contributed by atoms with E-state index in [1.807, 2.05) is 7.05 Å². The van der Waals surface area contributed by atoms with Crippen molar-refractivity contribution in [2.75, 3.05) is 26.8 Å². The zero-order valence-corrected chi connectivity index (χ0v) is 13.4. The number of nitrogens with zero attached hydrogens (tertiary/aromatic N) is 1. The Hall–Kier alpha value is -0.320. The van der Waals surface area contributed by atoms with Crippen LogP contribution < -0.4 is 5.73 Å². The summed E-state index contributed by atoms with van der Waals surface area (Å²) in [5, 5.41) is 0. The van der Waals surface area contributed by atoms with Crippen molar-refractivity contribution in [3.05, 3.63) is 0 Å². The van der Waals surface area contributed by atoms with Gasteiger partial charge in [0, 0.05) is 32.7 Å². The van der Waals surface area contributed by atoms with Crippen molar-refractivity contribution in [1.82, 2.24) is 4.90 Å². The first-order valence-corrected chi connectivity index (χ1v) is 7.74. The largest absolute Gasteiger partial charge is 0.379 e. The van der Waals surface area contributed by atoms with Gasteiger partial charge in [0.25, 0.3) is 0 Å². The first-order chi connectivity index (χ1) is 9.16. The molecule has 2 aliphatic carbocycles. The number of ether oxygens (including phenoxy) is 1. The molecule has 0 aromatic carbocycles. The molecule has 0 aromatic heterocycles. The number of carbonyl (C=O) groups is 1. The molecular weight excluding hydrogens is 276 g/mol. The van der Waals surface area contributed by atoms with Crippen molar-refractivity contribution in [3.63, 3.8) is 0 Å². The summed E-state index contributed by atoms with van der Waals surface area (Å²) in [6, 6.07) is 0.220. The Kier molecular flexibility index (Phi) is 7.85. The van der Waals surface area contributed by atoms with E-state index in [4.69, 9.17) is 10.5 Å². The summed E-state index contributed by atoms with van der Waals surface area (Å²) in [5.41, 5.74) is 6.09. The second kappa shape index (κ2) is 8.85. The first kappa shape index (κ1) is 17.7. The normalized spacial score (nSPS) is 25.9. The third-order valence-electron chi connectivity index (χ3n) is 4.45. The molecule has 2 unspecified atom stereocenters. The number of carbonyl (C=O) groups excluding carboxylic acids is 1. The topological polar surface area (TPSA) is 55.6 Å². The van der Waals surface area contributed by atoms with Crippen molar-refractivity contribution < 1.29 is 9.53 Å². The monoisotopic (exact) mass is 304 g/mol. The summed E-state index contributed by atoms with van der Waals surface area (Å²) in [6.45, 7) is 2.23. The van der Waals surface area contributed by atoms with E-state index in [1.54, 1.807) is 4.90 Å². The molecule has 5 heteroatoms. The molecule has 2 atom stereocenters. The van der Waals surface area contributed by atoms with Gasteiger partial charge in [0.05, 0.1) is 6.61 Å². The van der Waals surface area contributed by atoms with Gasteiger partial charge in [-0.2, -0.15) is 0 Å². The van der Waals surface area contributed by atoms with E-state index in [2.05, 4.69) is 0 Å². The number of hydrogen-bond acceptors (Lipinski definition) is 3. The quantitative estimate of drug-likeness (QED) is 0.734. The van der Waals surface area contributed by atoms with Crippen LogP contribution in [0, 0.1) is 11.8 Å². The highest BCUT2D eigenvalue weighted by Crippen LogP contribution is 2.28. The number of nitrogens with two attached hydrogens (primary N) is 1. The molecule has 0 spiro atoms. The Morgan fingerprint density at radius 2 is 1.95 bits per heavy atom. The van der Waals surface area contributed by atoms with Crippen LogP contribution in [0.25, 0.3) is 0 Å². The second-order valence-corrected chi connectivity index (χ2v) is 6.25. The lowest BCUT2D eigenvalue weighted by atomic mass is 9.83. The van der Waals surface area contributed by atoms with Gasteiger partial charge in [0.15, 0.2) is 0 Å². The average molecular weight is 305 g/mol. The Morgan fingerprint density at radius 1 is 1.25 bits per heavy atom. The highest BCUT2D eigenvalue weighted by Gasteiger charge is 2.25. The van der Waals surface area contributed by atoms with Crippen molar-refractivity contribution in [2.24, 2.45) is 17.6 Å². The van der Waals surface area contributed by atoms with Gasteiger partial charge in [-0.3, -0.25) is 4.79 Å². The summed E-state index contributed by atoms with van der Waals surface area (Å²) < 4.78 is 5.57. The van der Waals surface area contributed by atoms with Crippen molar-refractivity contribution in [1.29, 1.82) is 0 Å². The Balaban J connectivity index is 0.00000200. The molecule has 0 heterocycles. The van der Waals surface area contributed by atoms with Gasteiger partial charge in [0.1, 0.15) is 0 Å². The molecule has 4 nitrogen and oxygen atoms in total. The standard InChI is InChI=1S/C15H28N2O2.ClH/c1-17(8-9-19-11-12-6-7-12)15(18)10-13-4-2-3-5-14(13)16;/h12-14H,2-11,16H2,1H3;1H. The zero-order valence-electron chi connectivity index (χ0n) is 12.6. The fourth-order valence-corrected chi connectivity index (χ4v) is 2.73. The summed E-state index contributed by atoms with van der Waals surface area (Å²) in [6.07, 6.45) is 7.87. The summed E-state index contributed by atoms with van der Waals surface area (Å²) in [5.74, 6) is 1.40. The van der Waals surface area contributed by atoms with Gasteiger partial charge in [-0.1, -0.05) is 12.8 Å². The van der Waals surface area contributed by atoms with Crippen LogP contribution >= 0.6 is 12.4 Å². The SMILES string of the molecule is CN(CCOCC1CC1)C(=O)CC1CCCCC1N.Cl. The molecule has 0 aliphatic heterocycles. The Bertz CT molecular complexity index is 298. The maximum atomic E-state index is 12.1. The van der Waals surface area contributed by atoms with Crippen LogP contribution in [0.4, 0.5) is 0 Å². The van der Waals surface area contributed by atoms with Crippen LogP contribution in [-0.4, -0.2) is 43.7 Å². The maximum Gasteiger partial charge on any atom is 0.222 e. The summed E-state index contributed by atoms with van der Waals surface area (Å²) in [4.78, 5) is 13.9. The number of halogens is 1. The van der Waals surface area contributed by atoms with E-state index in [0.29, 0.717) is 25.5 Å². The van der Waals surface area contributed by atoms with E-state index in [1.165, 1.54) is 25.7 Å². The Labute approximate surface area is 128 Å². The van der Waals surface area contributed by atoms with Gasteiger partial charge < -0.3 is 15.4 Å². The van der Waals surface area contributed by atoms with Gasteiger partial charge in [-0.25, -0.2) is 0 Å². The lowest BCUT2D eigenvalue weighted by Crippen LogP contribution is -2.38. The predicted molar refractivity (Wildman–Crippen MR) is 83.0 cm³/mol. The van der Waals surface area contributed by atoms with Crippen molar-refractivity contribution in [2.45, 2.75) is 51.0 Å². The average Bonchev–Trinajstić information content (AvgIpc) is 3.21. The fourth-order valence-electron chi connectivity index (χ4n) is 2.73. The van der Waals surface area contributed by atoms with Gasteiger partial charge in [0.2, 0.25) is 5.91 Å². The third-order valence-corrected chi connectivity index (χ3v) is 4.45. The Morgan fingerprint density at radius 3 is 2.60 bits per heavy atom. The van der Waals surface area contributed by atoms with Crippen LogP contribution in [0.2, 0.25) is 0 Å². The fraction of sp³-hybridized carbons (Fsp3) is 0.933. The van der Waals surface area contributed by atoms with Crippen molar-refractivity contribution >= 4 is 18.3 Å². The minimum Gasteiger partial charge on any atom is -0.379 e. The molecule has 0 saturated heterocycles. The van der Waals surface area contributed by atoms with Crippen LogP contribution in [0.3, 0.4) is 0 Å². The molecule has 118 valence electrons. The van der Waals surface area contributed by atoms with Gasteiger partial charge in [-0.05, 0) is 37.5 Å². The van der Waals surface area contributed by atoms with E-state index >= 15 is 0 Å². The minimum atomic E-state index is 0. The molecule has 20 heavy (non-hydrogen) atoms. The summed E-state index contributed by atoms with van der Waals surface area (Å²) in [7, 11) is 1.87. The van der Waals surface area contributed by atoms with E-state index < -0.39 is 0 Å². The number of rotatable bonds is 7. The zero-order chi connectivity index (χ0) is 13.7. The minimum absolute atomic E-state index is 0. The molecule has 2 aliphatic rings. The third kappa shape index (κ3) is 5.98. The lowest BCUT2D eigenvalue weighted by molar-refractivity contribution is -0.132. The molecule has 0 aromatic rings. The lowest BCUT2D eigenvalue weighted by Gasteiger charge is -2.29. The number of hydrogen-bond donors (Lipinski definition) is 1. The van der Waals surface area contributed by atoms with E-state index in [9.17, 15) is 4.79 Å². The molecule has 0 bridgehead atoms. The molecule has 2 rings (SSSR count). The van der Waals surface area contributed by atoms with E-state index in [0.717, 1.165) is 25.4 Å². The van der Waals surface area contributed by atoms with Crippen molar-refractivity contribution in [3.8, 4) is 0 Å².